The second-order valence-corrected chi connectivity index (χ2v) is 5.61. The summed E-state index contributed by atoms with van der Waals surface area (Å²) in [6.45, 7) is 0. The standard InChI is InChI=1S/C16H15Br/c17-14-10-8-13(9-11-14)16-7-3-5-12-4-1-2-6-15(12)16/h1-2,4,6,8-11,16H,3,5,7H2. The molecule has 1 heteroatoms. The molecule has 1 aliphatic rings. The Kier molecular flexibility index (Phi) is 3.02. The van der Waals surface area contributed by atoms with Crippen molar-refractivity contribution in [3.05, 3.63) is 69.7 Å². The Balaban J connectivity index is 2.03. The average Bonchev–Trinajstić information content (AvgIpc) is 2.39. The molecule has 1 aliphatic carbocycles. The number of rotatable bonds is 1. The lowest BCUT2D eigenvalue weighted by molar-refractivity contribution is 0.616. The van der Waals surface area contributed by atoms with E-state index in [-0.39, 0.29) is 0 Å². The Hall–Kier alpha value is -1.08. The monoisotopic (exact) mass is 286 g/mol. The molecule has 1 atom stereocenters. The minimum Gasteiger partial charge on any atom is -0.0620 e. The maximum absolute atomic E-state index is 3.50. The van der Waals surface area contributed by atoms with Gasteiger partial charge < -0.3 is 0 Å². The first-order valence-corrected chi connectivity index (χ1v) is 6.97. The van der Waals surface area contributed by atoms with Crippen LogP contribution in [-0.4, -0.2) is 0 Å². The van der Waals surface area contributed by atoms with Crippen LogP contribution in [0.15, 0.2) is 53.0 Å². The van der Waals surface area contributed by atoms with Crippen molar-refractivity contribution in [1.29, 1.82) is 0 Å². The zero-order valence-electron chi connectivity index (χ0n) is 9.70. The summed E-state index contributed by atoms with van der Waals surface area (Å²) in [5.41, 5.74) is 4.51. The predicted molar refractivity (Wildman–Crippen MR) is 75.4 cm³/mol. The van der Waals surface area contributed by atoms with Crippen molar-refractivity contribution >= 4 is 15.9 Å². The van der Waals surface area contributed by atoms with Gasteiger partial charge in [-0.2, -0.15) is 0 Å². The first-order chi connectivity index (χ1) is 8.34. The highest BCUT2D eigenvalue weighted by Gasteiger charge is 2.20. The van der Waals surface area contributed by atoms with Gasteiger partial charge in [-0.25, -0.2) is 0 Å². The molecule has 0 radical (unpaired) electrons. The Morgan fingerprint density at radius 3 is 2.53 bits per heavy atom. The first kappa shape index (κ1) is 11.0. The van der Waals surface area contributed by atoms with E-state index in [1.165, 1.54) is 36.0 Å². The Morgan fingerprint density at radius 1 is 0.941 bits per heavy atom. The summed E-state index contributed by atoms with van der Waals surface area (Å²) in [4.78, 5) is 0. The third kappa shape index (κ3) is 2.16. The van der Waals surface area contributed by atoms with Crippen LogP contribution in [0.5, 0.6) is 0 Å². The van der Waals surface area contributed by atoms with Gasteiger partial charge in [-0.15, -0.1) is 0 Å². The number of hydrogen-bond acceptors (Lipinski definition) is 0. The fraction of sp³-hybridized carbons (Fsp3) is 0.250. The second kappa shape index (κ2) is 4.66. The number of benzene rings is 2. The van der Waals surface area contributed by atoms with Crippen LogP contribution in [-0.2, 0) is 6.42 Å². The topological polar surface area (TPSA) is 0 Å². The Labute approximate surface area is 111 Å². The maximum atomic E-state index is 3.50. The van der Waals surface area contributed by atoms with Crippen molar-refractivity contribution in [3.8, 4) is 0 Å². The van der Waals surface area contributed by atoms with E-state index in [1.54, 1.807) is 0 Å². The molecular formula is C16H15Br. The van der Waals surface area contributed by atoms with Crippen LogP contribution in [0.4, 0.5) is 0 Å². The van der Waals surface area contributed by atoms with Gasteiger partial charge in [0, 0.05) is 10.4 Å². The summed E-state index contributed by atoms with van der Waals surface area (Å²) in [6, 6.07) is 17.7. The van der Waals surface area contributed by atoms with Gasteiger partial charge in [-0.05, 0) is 48.1 Å². The average molecular weight is 287 g/mol. The number of aryl methyl sites for hydroxylation is 1. The second-order valence-electron chi connectivity index (χ2n) is 4.70. The molecule has 0 aromatic heterocycles. The third-order valence-corrected chi connectivity index (χ3v) is 4.17. The summed E-state index contributed by atoms with van der Waals surface area (Å²) in [5.74, 6) is 0.591. The van der Waals surface area contributed by atoms with Gasteiger partial charge in [0.1, 0.15) is 0 Å². The highest BCUT2D eigenvalue weighted by molar-refractivity contribution is 9.10. The van der Waals surface area contributed by atoms with Crippen molar-refractivity contribution in [2.24, 2.45) is 0 Å². The molecule has 3 rings (SSSR count). The molecule has 0 aliphatic heterocycles. The lowest BCUT2D eigenvalue weighted by atomic mass is 9.79. The van der Waals surface area contributed by atoms with Crippen LogP contribution >= 0.6 is 15.9 Å². The number of halogens is 1. The molecule has 0 amide bonds. The van der Waals surface area contributed by atoms with Crippen molar-refractivity contribution in [2.75, 3.05) is 0 Å². The van der Waals surface area contributed by atoms with Crippen LogP contribution in [0.3, 0.4) is 0 Å². The van der Waals surface area contributed by atoms with Crippen molar-refractivity contribution in [3.63, 3.8) is 0 Å². The molecule has 0 bridgehead atoms. The van der Waals surface area contributed by atoms with E-state index in [2.05, 4.69) is 64.5 Å². The smallest absolute Gasteiger partial charge is 0.0175 e. The van der Waals surface area contributed by atoms with E-state index >= 15 is 0 Å². The van der Waals surface area contributed by atoms with Crippen LogP contribution in [0, 0.1) is 0 Å². The minimum absolute atomic E-state index is 0.591. The lowest BCUT2D eigenvalue weighted by Gasteiger charge is -2.25. The third-order valence-electron chi connectivity index (χ3n) is 3.64. The van der Waals surface area contributed by atoms with E-state index < -0.39 is 0 Å². The highest BCUT2D eigenvalue weighted by Crippen LogP contribution is 2.36. The zero-order chi connectivity index (χ0) is 11.7. The van der Waals surface area contributed by atoms with Crippen LogP contribution in [0.25, 0.3) is 0 Å². The predicted octanol–water partition coefficient (Wildman–Crippen LogP) is 4.92. The summed E-state index contributed by atoms with van der Waals surface area (Å²) in [7, 11) is 0. The fourth-order valence-electron chi connectivity index (χ4n) is 2.80. The van der Waals surface area contributed by atoms with Gasteiger partial charge in [-0.1, -0.05) is 52.3 Å². The molecule has 0 N–H and O–H groups in total. The minimum atomic E-state index is 0.591. The van der Waals surface area contributed by atoms with Gasteiger partial charge in [0.2, 0.25) is 0 Å². The summed E-state index contributed by atoms with van der Waals surface area (Å²) < 4.78 is 1.16. The summed E-state index contributed by atoms with van der Waals surface area (Å²) in [5, 5.41) is 0. The van der Waals surface area contributed by atoms with Crippen molar-refractivity contribution < 1.29 is 0 Å². The van der Waals surface area contributed by atoms with Gasteiger partial charge >= 0.3 is 0 Å². The maximum Gasteiger partial charge on any atom is 0.0175 e. The Bertz CT molecular complexity index is 513. The largest absolute Gasteiger partial charge is 0.0620 e. The fourth-order valence-corrected chi connectivity index (χ4v) is 3.06. The van der Waals surface area contributed by atoms with Gasteiger partial charge in [-0.3, -0.25) is 0 Å². The quantitative estimate of drug-likeness (QED) is 0.698. The van der Waals surface area contributed by atoms with Crippen molar-refractivity contribution in [1.82, 2.24) is 0 Å². The molecule has 0 saturated carbocycles. The van der Waals surface area contributed by atoms with Gasteiger partial charge in [0.05, 0.1) is 0 Å². The van der Waals surface area contributed by atoms with E-state index in [4.69, 9.17) is 0 Å². The molecule has 0 saturated heterocycles. The van der Waals surface area contributed by atoms with Crippen molar-refractivity contribution in [2.45, 2.75) is 25.2 Å². The van der Waals surface area contributed by atoms with E-state index in [1.807, 2.05) is 0 Å². The molecule has 0 spiro atoms. The van der Waals surface area contributed by atoms with E-state index in [0.29, 0.717) is 5.92 Å². The molecule has 17 heavy (non-hydrogen) atoms. The molecule has 0 nitrogen and oxygen atoms in total. The van der Waals surface area contributed by atoms with Crippen LogP contribution < -0.4 is 0 Å². The van der Waals surface area contributed by atoms with Crippen LogP contribution in [0.1, 0.15) is 35.4 Å². The molecule has 2 aromatic rings. The molecule has 86 valence electrons. The van der Waals surface area contributed by atoms with E-state index in [9.17, 15) is 0 Å². The first-order valence-electron chi connectivity index (χ1n) is 6.18. The number of hydrogen-bond donors (Lipinski definition) is 0. The van der Waals surface area contributed by atoms with Gasteiger partial charge in [0.25, 0.3) is 0 Å². The lowest BCUT2D eigenvalue weighted by Crippen LogP contribution is -2.10. The molecular weight excluding hydrogens is 272 g/mol. The van der Waals surface area contributed by atoms with Gasteiger partial charge in [0.15, 0.2) is 0 Å². The molecule has 2 aromatic carbocycles. The summed E-state index contributed by atoms with van der Waals surface area (Å²) >= 11 is 3.50. The van der Waals surface area contributed by atoms with Crippen LogP contribution in [0.2, 0.25) is 0 Å². The number of fused-ring (bicyclic) bond motifs is 1. The zero-order valence-corrected chi connectivity index (χ0v) is 11.3. The highest BCUT2D eigenvalue weighted by atomic mass is 79.9. The summed E-state index contributed by atoms with van der Waals surface area (Å²) in [6.07, 6.45) is 3.82. The molecule has 1 unspecified atom stereocenters. The SMILES string of the molecule is Brc1ccc(C2CCCc3ccccc32)cc1. The molecule has 0 heterocycles. The molecule has 0 fully saturated rings. The van der Waals surface area contributed by atoms with E-state index in [0.717, 1.165) is 4.47 Å². The Morgan fingerprint density at radius 2 is 1.71 bits per heavy atom. The normalized spacial score (nSPS) is 18.8.